The van der Waals surface area contributed by atoms with Gasteiger partial charge in [-0.3, -0.25) is 4.90 Å². The SMILES string of the molecule is COc1ccccc1N1CCN(C[C@H](O)COc2ccc(C3CCCCC3)cc2N)CC1. The highest BCUT2D eigenvalue weighted by molar-refractivity contribution is 5.58. The molecule has 0 spiro atoms. The van der Waals surface area contributed by atoms with Crippen molar-refractivity contribution in [3.8, 4) is 11.5 Å². The van der Waals surface area contributed by atoms with Crippen molar-refractivity contribution in [2.24, 2.45) is 0 Å². The van der Waals surface area contributed by atoms with Crippen LogP contribution in [0.3, 0.4) is 0 Å². The number of rotatable bonds is 8. The van der Waals surface area contributed by atoms with Crippen LogP contribution in [-0.4, -0.2) is 62.6 Å². The number of methoxy groups -OCH3 is 1. The zero-order valence-corrected chi connectivity index (χ0v) is 19.2. The largest absolute Gasteiger partial charge is 0.495 e. The van der Waals surface area contributed by atoms with Crippen molar-refractivity contribution >= 4 is 11.4 Å². The fraction of sp³-hybridized carbons (Fsp3) is 0.538. The maximum Gasteiger partial charge on any atom is 0.142 e. The molecule has 3 N–H and O–H groups in total. The molecule has 0 aromatic heterocycles. The van der Waals surface area contributed by atoms with Crippen LogP contribution >= 0.6 is 0 Å². The summed E-state index contributed by atoms with van der Waals surface area (Å²) in [6.45, 7) is 4.45. The van der Waals surface area contributed by atoms with Crippen molar-refractivity contribution in [3.63, 3.8) is 0 Å². The van der Waals surface area contributed by atoms with Crippen LogP contribution in [0.25, 0.3) is 0 Å². The second-order valence-corrected chi connectivity index (χ2v) is 9.06. The number of hydrogen-bond donors (Lipinski definition) is 2. The van der Waals surface area contributed by atoms with Gasteiger partial charge in [0, 0.05) is 32.7 Å². The van der Waals surface area contributed by atoms with Gasteiger partial charge in [0.25, 0.3) is 0 Å². The molecule has 1 saturated heterocycles. The van der Waals surface area contributed by atoms with Gasteiger partial charge in [0.05, 0.1) is 18.5 Å². The number of nitrogens with zero attached hydrogens (tertiary/aromatic N) is 2. The highest BCUT2D eigenvalue weighted by atomic mass is 16.5. The summed E-state index contributed by atoms with van der Waals surface area (Å²) in [6, 6.07) is 14.3. The second kappa shape index (κ2) is 10.9. The van der Waals surface area contributed by atoms with Crippen molar-refractivity contribution in [3.05, 3.63) is 48.0 Å². The molecule has 2 aromatic carbocycles. The van der Waals surface area contributed by atoms with E-state index in [4.69, 9.17) is 15.2 Å². The van der Waals surface area contributed by atoms with Crippen LogP contribution in [0.4, 0.5) is 11.4 Å². The maximum atomic E-state index is 10.5. The van der Waals surface area contributed by atoms with Crippen LogP contribution in [0.1, 0.15) is 43.6 Å². The Bertz CT molecular complexity index is 861. The fourth-order valence-electron chi connectivity index (χ4n) is 4.99. The normalized spacial score (nSPS) is 19.0. The zero-order chi connectivity index (χ0) is 22.3. The van der Waals surface area contributed by atoms with Gasteiger partial charge in [-0.1, -0.05) is 37.5 Å². The highest BCUT2D eigenvalue weighted by Crippen LogP contribution is 2.35. The molecule has 0 amide bonds. The Labute approximate surface area is 191 Å². The standard InChI is InChI=1S/C26H37N3O3/c1-31-26-10-6-5-9-24(26)29-15-13-28(14-16-29)18-22(30)19-32-25-12-11-21(17-23(25)27)20-7-3-2-4-8-20/h5-6,9-12,17,20,22,30H,2-4,7-8,13-16,18-19,27H2,1H3/t22-/m0/s1. The number of piperazine rings is 1. The minimum absolute atomic E-state index is 0.250. The minimum atomic E-state index is -0.551. The first-order valence-corrected chi connectivity index (χ1v) is 11.9. The summed E-state index contributed by atoms with van der Waals surface area (Å²) in [7, 11) is 1.71. The number of ether oxygens (including phenoxy) is 2. The number of para-hydroxylation sites is 2. The molecule has 0 radical (unpaired) electrons. The van der Waals surface area contributed by atoms with Gasteiger partial charge in [-0.25, -0.2) is 0 Å². The molecular formula is C26H37N3O3. The maximum absolute atomic E-state index is 10.5. The number of β-amino-alcohol motifs (C(OH)–C–C–N with tert-alkyl or cyclic N) is 1. The van der Waals surface area contributed by atoms with Crippen LogP contribution in [0.15, 0.2) is 42.5 Å². The summed E-state index contributed by atoms with van der Waals surface area (Å²) in [5.41, 5.74) is 9.38. The molecule has 1 aliphatic carbocycles. The molecule has 2 aromatic rings. The summed E-state index contributed by atoms with van der Waals surface area (Å²) in [5.74, 6) is 2.20. The minimum Gasteiger partial charge on any atom is -0.495 e. The first-order chi connectivity index (χ1) is 15.6. The van der Waals surface area contributed by atoms with Crippen LogP contribution in [0.5, 0.6) is 11.5 Å². The van der Waals surface area contributed by atoms with Crippen LogP contribution in [0.2, 0.25) is 0 Å². The third-order valence-corrected chi connectivity index (χ3v) is 6.81. The molecule has 174 valence electrons. The molecule has 32 heavy (non-hydrogen) atoms. The van der Waals surface area contributed by atoms with E-state index in [1.165, 1.54) is 37.7 Å². The molecule has 1 saturated carbocycles. The Morgan fingerprint density at radius 2 is 1.75 bits per heavy atom. The predicted molar refractivity (Wildman–Crippen MR) is 130 cm³/mol. The molecule has 4 rings (SSSR count). The van der Waals surface area contributed by atoms with Crippen molar-refractivity contribution in [2.45, 2.75) is 44.1 Å². The topological polar surface area (TPSA) is 71.2 Å². The number of benzene rings is 2. The zero-order valence-electron chi connectivity index (χ0n) is 19.2. The lowest BCUT2D eigenvalue weighted by atomic mass is 9.84. The highest BCUT2D eigenvalue weighted by Gasteiger charge is 2.22. The number of anilines is 2. The molecule has 2 aliphatic rings. The monoisotopic (exact) mass is 439 g/mol. The van der Waals surface area contributed by atoms with E-state index in [-0.39, 0.29) is 6.61 Å². The van der Waals surface area contributed by atoms with Crippen molar-refractivity contribution in [2.75, 3.05) is 57.1 Å². The van der Waals surface area contributed by atoms with E-state index in [2.05, 4.69) is 28.0 Å². The number of aliphatic hydroxyl groups is 1. The summed E-state index contributed by atoms with van der Waals surface area (Å²) >= 11 is 0. The van der Waals surface area contributed by atoms with Gasteiger partial charge in [0.15, 0.2) is 0 Å². The lowest BCUT2D eigenvalue weighted by molar-refractivity contribution is 0.0665. The van der Waals surface area contributed by atoms with Crippen molar-refractivity contribution < 1.29 is 14.6 Å². The molecule has 1 heterocycles. The van der Waals surface area contributed by atoms with Crippen LogP contribution in [0, 0.1) is 0 Å². The van der Waals surface area contributed by atoms with Crippen molar-refractivity contribution in [1.82, 2.24) is 4.90 Å². The fourth-order valence-corrected chi connectivity index (χ4v) is 4.99. The lowest BCUT2D eigenvalue weighted by Gasteiger charge is -2.37. The first-order valence-electron chi connectivity index (χ1n) is 11.9. The Balaban J connectivity index is 1.23. The van der Waals surface area contributed by atoms with Gasteiger partial charge in [0.2, 0.25) is 0 Å². The van der Waals surface area contributed by atoms with Gasteiger partial charge in [-0.2, -0.15) is 0 Å². The van der Waals surface area contributed by atoms with Crippen LogP contribution in [-0.2, 0) is 0 Å². The van der Waals surface area contributed by atoms with E-state index < -0.39 is 6.10 Å². The molecule has 0 unspecified atom stereocenters. The Kier molecular flexibility index (Phi) is 7.76. The van der Waals surface area contributed by atoms with Gasteiger partial charge in [0.1, 0.15) is 24.2 Å². The van der Waals surface area contributed by atoms with Crippen LogP contribution < -0.4 is 20.1 Å². The van der Waals surface area contributed by atoms with E-state index in [0.29, 0.717) is 23.9 Å². The summed E-state index contributed by atoms with van der Waals surface area (Å²) in [5, 5.41) is 10.5. The Morgan fingerprint density at radius 1 is 1.00 bits per heavy atom. The molecule has 2 fully saturated rings. The summed E-state index contributed by atoms with van der Waals surface area (Å²) in [6.07, 6.45) is 5.92. The Morgan fingerprint density at radius 3 is 2.47 bits per heavy atom. The van der Waals surface area contributed by atoms with E-state index in [9.17, 15) is 5.11 Å². The summed E-state index contributed by atoms with van der Waals surface area (Å²) in [4.78, 5) is 4.63. The number of aliphatic hydroxyl groups excluding tert-OH is 1. The van der Waals surface area contributed by atoms with Crippen molar-refractivity contribution in [1.29, 1.82) is 0 Å². The summed E-state index contributed by atoms with van der Waals surface area (Å²) < 4.78 is 11.4. The van der Waals surface area contributed by atoms with E-state index >= 15 is 0 Å². The molecule has 0 bridgehead atoms. The number of hydrogen-bond acceptors (Lipinski definition) is 6. The van der Waals surface area contributed by atoms with Gasteiger partial charge >= 0.3 is 0 Å². The third-order valence-electron chi connectivity index (χ3n) is 6.81. The molecule has 6 heteroatoms. The molecule has 1 atom stereocenters. The second-order valence-electron chi connectivity index (χ2n) is 9.06. The average molecular weight is 440 g/mol. The predicted octanol–water partition coefficient (Wildman–Crippen LogP) is 3.89. The lowest BCUT2D eigenvalue weighted by Crippen LogP contribution is -2.49. The first kappa shape index (κ1) is 22.7. The van der Waals surface area contributed by atoms with Gasteiger partial charge in [-0.05, 0) is 48.6 Å². The van der Waals surface area contributed by atoms with Gasteiger partial charge < -0.3 is 25.2 Å². The molecular weight excluding hydrogens is 402 g/mol. The number of nitrogens with two attached hydrogens (primary N) is 1. The molecule has 6 nitrogen and oxygen atoms in total. The van der Waals surface area contributed by atoms with E-state index in [0.717, 1.165) is 37.6 Å². The smallest absolute Gasteiger partial charge is 0.142 e. The average Bonchev–Trinajstić information content (AvgIpc) is 2.84. The third kappa shape index (κ3) is 5.67. The van der Waals surface area contributed by atoms with Gasteiger partial charge in [-0.15, -0.1) is 0 Å². The molecule has 1 aliphatic heterocycles. The number of nitrogen functional groups attached to an aromatic ring is 1. The quantitative estimate of drug-likeness (QED) is 0.608. The van der Waals surface area contributed by atoms with E-state index in [1.807, 2.05) is 24.3 Å². The Hall–Kier alpha value is -2.44. The van der Waals surface area contributed by atoms with E-state index in [1.54, 1.807) is 7.11 Å².